The first-order valence-electron chi connectivity index (χ1n) is 4.49. The van der Waals surface area contributed by atoms with E-state index in [0.29, 0.717) is 11.8 Å². The number of rotatable bonds is 2. The van der Waals surface area contributed by atoms with Gasteiger partial charge in [0.05, 0.1) is 6.20 Å². The van der Waals surface area contributed by atoms with Gasteiger partial charge < -0.3 is 4.42 Å². The first kappa shape index (κ1) is 8.29. The summed E-state index contributed by atoms with van der Waals surface area (Å²) in [6, 6.07) is 0.314. The zero-order valence-electron chi connectivity index (χ0n) is 7.54. The molecule has 1 aliphatic rings. The van der Waals surface area contributed by atoms with Crippen molar-refractivity contribution in [3.05, 3.63) is 12.0 Å². The Morgan fingerprint density at radius 1 is 1.69 bits per heavy atom. The van der Waals surface area contributed by atoms with Crippen LogP contribution in [0, 0.1) is 12.8 Å². The quantitative estimate of drug-likeness (QED) is 0.753. The van der Waals surface area contributed by atoms with Crippen LogP contribution in [0.3, 0.4) is 0 Å². The predicted molar refractivity (Wildman–Crippen MR) is 47.2 cm³/mol. The second-order valence-corrected chi connectivity index (χ2v) is 3.39. The summed E-state index contributed by atoms with van der Waals surface area (Å²) < 4.78 is 5.13. The Kier molecular flexibility index (Phi) is 2.04. The summed E-state index contributed by atoms with van der Waals surface area (Å²) in [5.41, 5.74) is 0. The van der Waals surface area contributed by atoms with E-state index in [0.717, 1.165) is 19.3 Å². The molecule has 1 heterocycles. The molecule has 70 valence electrons. The molecule has 1 saturated carbocycles. The molecule has 1 aromatic rings. The van der Waals surface area contributed by atoms with Crippen LogP contribution in [-0.4, -0.2) is 10.9 Å². The number of anilines is 1. The Labute approximate surface area is 76.3 Å². The van der Waals surface area contributed by atoms with Gasteiger partial charge in [-0.05, 0) is 19.8 Å². The van der Waals surface area contributed by atoms with E-state index < -0.39 is 0 Å². The van der Waals surface area contributed by atoms with Crippen molar-refractivity contribution in [2.45, 2.75) is 26.2 Å². The first-order valence-corrected chi connectivity index (χ1v) is 4.49. The fourth-order valence-electron chi connectivity index (χ4n) is 1.29. The van der Waals surface area contributed by atoms with Crippen molar-refractivity contribution in [1.29, 1.82) is 0 Å². The Morgan fingerprint density at radius 2 is 2.46 bits per heavy atom. The van der Waals surface area contributed by atoms with Gasteiger partial charge in [-0.1, -0.05) is 6.42 Å². The fourth-order valence-corrected chi connectivity index (χ4v) is 1.29. The van der Waals surface area contributed by atoms with Crippen molar-refractivity contribution in [3.8, 4) is 0 Å². The molecule has 1 N–H and O–H groups in total. The highest BCUT2D eigenvalue weighted by Crippen LogP contribution is 2.27. The monoisotopic (exact) mass is 180 g/mol. The molecule has 0 saturated heterocycles. The van der Waals surface area contributed by atoms with E-state index in [1.807, 2.05) is 0 Å². The third-order valence-electron chi connectivity index (χ3n) is 2.33. The molecule has 1 fully saturated rings. The molecule has 0 aliphatic heterocycles. The summed E-state index contributed by atoms with van der Waals surface area (Å²) in [7, 11) is 0. The van der Waals surface area contributed by atoms with E-state index in [9.17, 15) is 4.79 Å². The second kappa shape index (κ2) is 3.20. The molecule has 2 rings (SSSR count). The average Bonchev–Trinajstić information content (AvgIpc) is 2.31. The predicted octanol–water partition coefficient (Wildman–Crippen LogP) is 1.72. The largest absolute Gasteiger partial charge is 0.429 e. The molecule has 0 aromatic carbocycles. The smallest absolute Gasteiger partial charge is 0.301 e. The van der Waals surface area contributed by atoms with Crippen LogP contribution in [0.25, 0.3) is 0 Å². The lowest BCUT2D eigenvalue weighted by atomic mass is 9.85. The molecule has 0 spiro atoms. The lowest BCUT2D eigenvalue weighted by Crippen LogP contribution is -2.28. The van der Waals surface area contributed by atoms with Crippen molar-refractivity contribution in [3.63, 3.8) is 0 Å². The van der Waals surface area contributed by atoms with Gasteiger partial charge in [-0.25, -0.2) is 4.98 Å². The standard InChI is InChI=1S/C9H12N2O2/c1-6-5-10-9(13-6)11-8(12)7-3-2-4-7/h5,7H,2-4H2,1H3,(H,10,11,12). The van der Waals surface area contributed by atoms with Gasteiger partial charge in [-0.15, -0.1) is 0 Å². The highest BCUT2D eigenvalue weighted by molar-refractivity contribution is 5.91. The number of oxazole rings is 1. The molecule has 0 bridgehead atoms. The zero-order valence-corrected chi connectivity index (χ0v) is 7.54. The molecular weight excluding hydrogens is 168 g/mol. The van der Waals surface area contributed by atoms with Crippen LogP contribution in [0.5, 0.6) is 0 Å². The number of aryl methyl sites for hydroxylation is 1. The highest BCUT2D eigenvalue weighted by Gasteiger charge is 2.25. The van der Waals surface area contributed by atoms with Gasteiger partial charge in [0.2, 0.25) is 5.91 Å². The molecule has 1 aromatic heterocycles. The maximum atomic E-state index is 11.4. The van der Waals surface area contributed by atoms with Crippen LogP contribution >= 0.6 is 0 Å². The highest BCUT2D eigenvalue weighted by atomic mass is 16.4. The molecule has 0 radical (unpaired) electrons. The zero-order chi connectivity index (χ0) is 9.26. The second-order valence-electron chi connectivity index (χ2n) is 3.39. The minimum absolute atomic E-state index is 0.0353. The van der Waals surface area contributed by atoms with Gasteiger partial charge in [0, 0.05) is 5.92 Å². The van der Waals surface area contributed by atoms with E-state index in [1.54, 1.807) is 13.1 Å². The summed E-state index contributed by atoms with van der Waals surface area (Å²) in [6.07, 6.45) is 4.73. The summed E-state index contributed by atoms with van der Waals surface area (Å²) in [4.78, 5) is 15.3. The van der Waals surface area contributed by atoms with E-state index in [4.69, 9.17) is 4.42 Å². The van der Waals surface area contributed by atoms with Gasteiger partial charge in [0.25, 0.3) is 0 Å². The van der Waals surface area contributed by atoms with Crippen LogP contribution in [0.15, 0.2) is 10.6 Å². The minimum Gasteiger partial charge on any atom is -0.429 e. The average molecular weight is 180 g/mol. The number of nitrogens with zero attached hydrogens (tertiary/aromatic N) is 1. The Morgan fingerprint density at radius 3 is 2.92 bits per heavy atom. The first-order chi connectivity index (χ1) is 6.25. The van der Waals surface area contributed by atoms with Crippen LogP contribution < -0.4 is 5.32 Å². The van der Waals surface area contributed by atoms with Gasteiger partial charge in [-0.3, -0.25) is 10.1 Å². The summed E-state index contributed by atoms with van der Waals surface area (Å²) in [6.45, 7) is 1.80. The van der Waals surface area contributed by atoms with Crippen molar-refractivity contribution >= 4 is 11.9 Å². The molecule has 0 atom stereocenters. The molecule has 4 heteroatoms. The lowest BCUT2D eigenvalue weighted by molar-refractivity contribution is -0.122. The molecule has 0 unspecified atom stereocenters. The van der Waals surface area contributed by atoms with Gasteiger partial charge in [0.1, 0.15) is 5.76 Å². The number of hydrogen-bond donors (Lipinski definition) is 1. The number of hydrogen-bond acceptors (Lipinski definition) is 3. The Balaban J connectivity index is 1.93. The Bertz CT molecular complexity index is 315. The van der Waals surface area contributed by atoms with E-state index in [1.165, 1.54) is 0 Å². The van der Waals surface area contributed by atoms with E-state index in [2.05, 4.69) is 10.3 Å². The van der Waals surface area contributed by atoms with Gasteiger partial charge in [0.15, 0.2) is 0 Å². The topological polar surface area (TPSA) is 55.1 Å². The van der Waals surface area contributed by atoms with Crippen LogP contribution in [0.4, 0.5) is 6.01 Å². The maximum Gasteiger partial charge on any atom is 0.301 e. The van der Waals surface area contributed by atoms with Crippen molar-refractivity contribution in [2.24, 2.45) is 5.92 Å². The summed E-state index contributed by atoms with van der Waals surface area (Å²) in [5, 5.41) is 2.65. The SMILES string of the molecule is Cc1cnc(NC(=O)C2CCC2)o1. The molecule has 1 amide bonds. The molecular formula is C9H12N2O2. The fraction of sp³-hybridized carbons (Fsp3) is 0.556. The van der Waals surface area contributed by atoms with Crippen LogP contribution in [0.2, 0.25) is 0 Å². The normalized spacial score (nSPS) is 16.7. The van der Waals surface area contributed by atoms with Gasteiger partial charge >= 0.3 is 6.01 Å². The molecule has 1 aliphatic carbocycles. The maximum absolute atomic E-state index is 11.4. The number of nitrogens with one attached hydrogen (secondary N) is 1. The van der Waals surface area contributed by atoms with Crippen LogP contribution in [0.1, 0.15) is 25.0 Å². The molecule has 4 nitrogen and oxygen atoms in total. The van der Waals surface area contributed by atoms with Crippen LogP contribution in [-0.2, 0) is 4.79 Å². The molecule has 13 heavy (non-hydrogen) atoms. The third-order valence-corrected chi connectivity index (χ3v) is 2.33. The number of aromatic nitrogens is 1. The third kappa shape index (κ3) is 1.71. The van der Waals surface area contributed by atoms with Gasteiger partial charge in [-0.2, -0.15) is 0 Å². The van der Waals surface area contributed by atoms with Crippen molar-refractivity contribution in [2.75, 3.05) is 5.32 Å². The summed E-state index contributed by atoms with van der Waals surface area (Å²) >= 11 is 0. The Hall–Kier alpha value is -1.32. The number of carbonyl (C=O) groups is 1. The number of amides is 1. The van der Waals surface area contributed by atoms with Crippen molar-refractivity contribution < 1.29 is 9.21 Å². The van der Waals surface area contributed by atoms with E-state index >= 15 is 0 Å². The van der Waals surface area contributed by atoms with Crippen molar-refractivity contribution in [1.82, 2.24) is 4.98 Å². The lowest BCUT2D eigenvalue weighted by Gasteiger charge is -2.22. The number of carbonyl (C=O) groups excluding carboxylic acids is 1. The summed E-state index contributed by atoms with van der Waals surface area (Å²) in [5.74, 6) is 0.921. The minimum atomic E-state index is 0.0353. The van der Waals surface area contributed by atoms with E-state index in [-0.39, 0.29) is 11.8 Å².